The number of nitrogens with one attached hydrogen (secondary N) is 1. The highest BCUT2D eigenvalue weighted by Gasteiger charge is 2.11. The summed E-state index contributed by atoms with van der Waals surface area (Å²) >= 11 is 0. The van der Waals surface area contributed by atoms with E-state index in [0.717, 1.165) is 40.9 Å². The molecule has 0 saturated carbocycles. The minimum Gasteiger partial charge on any atom is -0.303 e. The zero-order valence-corrected chi connectivity index (χ0v) is 17.0. The Hall–Kier alpha value is -3.80. The van der Waals surface area contributed by atoms with Gasteiger partial charge in [0.2, 0.25) is 0 Å². The van der Waals surface area contributed by atoms with Crippen molar-refractivity contribution in [2.45, 2.75) is 26.7 Å². The molecule has 0 radical (unpaired) electrons. The number of nitrogens with zero attached hydrogens (tertiary/aromatic N) is 5. The highest BCUT2D eigenvalue weighted by molar-refractivity contribution is 5.80. The Kier molecular flexibility index (Phi) is 4.59. The maximum Gasteiger partial charge on any atom is 0.180 e. The molecule has 0 fully saturated rings. The number of aryl methyl sites for hydroxylation is 2. The summed E-state index contributed by atoms with van der Waals surface area (Å²) in [6.07, 6.45) is 3.95. The van der Waals surface area contributed by atoms with Gasteiger partial charge in [-0.3, -0.25) is 0 Å². The summed E-state index contributed by atoms with van der Waals surface area (Å²) < 4.78 is 2.23. The van der Waals surface area contributed by atoms with Gasteiger partial charge in [-0.25, -0.2) is 10.1 Å². The zero-order chi connectivity index (χ0) is 20.5. The predicted molar refractivity (Wildman–Crippen MR) is 117 cm³/mol. The number of pyridine rings is 1. The number of aromatic nitrogens is 6. The number of H-pyrrole nitrogens is 1. The van der Waals surface area contributed by atoms with Crippen LogP contribution in [0.2, 0.25) is 0 Å². The summed E-state index contributed by atoms with van der Waals surface area (Å²) in [6, 6.07) is 21.2. The van der Waals surface area contributed by atoms with Crippen LogP contribution in [0, 0.1) is 6.92 Å². The molecule has 148 valence electrons. The van der Waals surface area contributed by atoms with Gasteiger partial charge in [0.05, 0.1) is 5.69 Å². The highest BCUT2D eigenvalue weighted by atomic mass is 15.5. The SMILES string of the molecule is CCc1cn2c(Cc3ccc(-c4ccccc4-c4nnn[nH]4)cc3)ccc(C)c2n1. The van der Waals surface area contributed by atoms with E-state index >= 15 is 0 Å². The molecule has 0 bridgehead atoms. The highest BCUT2D eigenvalue weighted by Crippen LogP contribution is 2.30. The van der Waals surface area contributed by atoms with Gasteiger partial charge in [0, 0.05) is 23.9 Å². The number of hydrogen-bond donors (Lipinski definition) is 1. The smallest absolute Gasteiger partial charge is 0.180 e. The van der Waals surface area contributed by atoms with Crippen molar-refractivity contribution in [1.82, 2.24) is 30.0 Å². The Bertz CT molecular complexity index is 1300. The van der Waals surface area contributed by atoms with Crippen molar-refractivity contribution in [3.63, 3.8) is 0 Å². The van der Waals surface area contributed by atoms with Crippen LogP contribution >= 0.6 is 0 Å². The maximum atomic E-state index is 4.76. The molecule has 2 aromatic carbocycles. The lowest BCUT2D eigenvalue weighted by Gasteiger charge is -2.10. The van der Waals surface area contributed by atoms with E-state index in [9.17, 15) is 0 Å². The second kappa shape index (κ2) is 7.55. The van der Waals surface area contributed by atoms with Crippen molar-refractivity contribution in [2.24, 2.45) is 0 Å². The third-order valence-corrected chi connectivity index (χ3v) is 5.48. The number of hydrogen-bond acceptors (Lipinski definition) is 4. The summed E-state index contributed by atoms with van der Waals surface area (Å²) in [6.45, 7) is 4.25. The first kappa shape index (κ1) is 18.2. The standard InChI is InChI=1S/C24H22N6/c1-3-19-15-30-20(13-8-16(2)24(30)25-19)14-17-9-11-18(12-10-17)21-6-4-5-7-22(21)23-26-28-29-27-23/h4-13,15H,3,14H2,1-2H3,(H,26,27,28,29). The van der Waals surface area contributed by atoms with Crippen LogP contribution in [0.1, 0.15) is 29.4 Å². The molecule has 1 N–H and O–H groups in total. The van der Waals surface area contributed by atoms with Crippen molar-refractivity contribution < 1.29 is 0 Å². The molecule has 5 aromatic rings. The third kappa shape index (κ3) is 3.26. The third-order valence-electron chi connectivity index (χ3n) is 5.48. The number of imidazole rings is 1. The van der Waals surface area contributed by atoms with Gasteiger partial charge in [-0.1, -0.05) is 61.5 Å². The van der Waals surface area contributed by atoms with Gasteiger partial charge in [-0.2, -0.15) is 0 Å². The topological polar surface area (TPSA) is 71.8 Å². The number of fused-ring (bicyclic) bond motifs is 1. The van der Waals surface area contributed by atoms with Crippen LogP contribution in [-0.2, 0) is 12.8 Å². The lowest BCUT2D eigenvalue weighted by atomic mass is 9.97. The molecule has 0 amide bonds. The molecule has 3 heterocycles. The number of aromatic amines is 1. The predicted octanol–water partition coefficient (Wildman–Crippen LogP) is 4.64. The fourth-order valence-corrected chi connectivity index (χ4v) is 3.84. The van der Waals surface area contributed by atoms with Crippen LogP contribution in [0.3, 0.4) is 0 Å². The Morgan fingerprint density at radius 2 is 1.73 bits per heavy atom. The lowest BCUT2D eigenvalue weighted by Crippen LogP contribution is -1.99. The molecule has 0 spiro atoms. The zero-order valence-electron chi connectivity index (χ0n) is 17.0. The Morgan fingerprint density at radius 3 is 2.47 bits per heavy atom. The summed E-state index contributed by atoms with van der Waals surface area (Å²) in [5.41, 5.74) is 9.10. The molecular formula is C24H22N6. The fourth-order valence-electron chi connectivity index (χ4n) is 3.84. The van der Waals surface area contributed by atoms with E-state index in [0.29, 0.717) is 5.82 Å². The summed E-state index contributed by atoms with van der Waals surface area (Å²) in [5, 5.41) is 14.3. The summed E-state index contributed by atoms with van der Waals surface area (Å²) in [7, 11) is 0. The Morgan fingerprint density at radius 1 is 0.933 bits per heavy atom. The quantitative estimate of drug-likeness (QED) is 0.471. The second-order valence-electron chi connectivity index (χ2n) is 7.46. The van der Waals surface area contributed by atoms with Gasteiger partial charge in [0.25, 0.3) is 0 Å². The van der Waals surface area contributed by atoms with Crippen molar-refractivity contribution >= 4 is 5.65 Å². The molecule has 0 aliphatic carbocycles. The van der Waals surface area contributed by atoms with Crippen LogP contribution in [0.5, 0.6) is 0 Å². The normalized spacial score (nSPS) is 11.3. The van der Waals surface area contributed by atoms with Crippen LogP contribution in [-0.4, -0.2) is 30.0 Å². The van der Waals surface area contributed by atoms with E-state index in [1.807, 2.05) is 18.2 Å². The van der Waals surface area contributed by atoms with E-state index in [-0.39, 0.29) is 0 Å². The Balaban J connectivity index is 1.47. The molecule has 0 atom stereocenters. The van der Waals surface area contributed by atoms with E-state index in [1.54, 1.807) is 0 Å². The average molecular weight is 394 g/mol. The largest absolute Gasteiger partial charge is 0.303 e. The molecule has 6 nitrogen and oxygen atoms in total. The first-order valence-corrected chi connectivity index (χ1v) is 10.1. The molecule has 3 aromatic heterocycles. The van der Waals surface area contributed by atoms with Gasteiger partial charge in [-0.05, 0) is 52.1 Å². The molecule has 0 unspecified atom stereocenters. The van der Waals surface area contributed by atoms with Gasteiger partial charge >= 0.3 is 0 Å². The second-order valence-corrected chi connectivity index (χ2v) is 7.46. The van der Waals surface area contributed by atoms with Gasteiger partial charge in [0.15, 0.2) is 5.82 Å². The number of rotatable bonds is 5. The van der Waals surface area contributed by atoms with Crippen LogP contribution in [0.25, 0.3) is 28.2 Å². The number of benzene rings is 2. The van der Waals surface area contributed by atoms with E-state index < -0.39 is 0 Å². The van der Waals surface area contributed by atoms with Gasteiger partial charge in [-0.15, -0.1) is 5.10 Å². The lowest BCUT2D eigenvalue weighted by molar-refractivity contribution is 0.881. The van der Waals surface area contributed by atoms with Gasteiger partial charge in [0.1, 0.15) is 5.65 Å². The van der Waals surface area contributed by atoms with Crippen molar-refractivity contribution in [2.75, 3.05) is 0 Å². The summed E-state index contributed by atoms with van der Waals surface area (Å²) in [5.74, 6) is 0.670. The molecule has 0 saturated heterocycles. The van der Waals surface area contributed by atoms with Crippen molar-refractivity contribution in [3.8, 4) is 22.5 Å². The number of tetrazole rings is 1. The van der Waals surface area contributed by atoms with E-state index in [1.165, 1.54) is 16.8 Å². The van der Waals surface area contributed by atoms with E-state index in [4.69, 9.17) is 4.98 Å². The first-order chi connectivity index (χ1) is 14.7. The van der Waals surface area contributed by atoms with Crippen LogP contribution < -0.4 is 0 Å². The first-order valence-electron chi connectivity index (χ1n) is 10.1. The molecular weight excluding hydrogens is 372 g/mol. The minimum absolute atomic E-state index is 0.670. The van der Waals surface area contributed by atoms with Crippen LogP contribution in [0.15, 0.2) is 66.9 Å². The fraction of sp³-hybridized carbons (Fsp3) is 0.167. The average Bonchev–Trinajstić information content (AvgIpc) is 3.47. The minimum atomic E-state index is 0.670. The van der Waals surface area contributed by atoms with Crippen LogP contribution in [0.4, 0.5) is 0 Å². The van der Waals surface area contributed by atoms with Crippen molar-refractivity contribution in [3.05, 3.63) is 89.4 Å². The summed E-state index contributed by atoms with van der Waals surface area (Å²) in [4.78, 5) is 4.76. The molecule has 0 aliphatic heterocycles. The molecule has 5 rings (SSSR count). The molecule has 30 heavy (non-hydrogen) atoms. The van der Waals surface area contributed by atoms with Gasteiger partial charge < -0.3 is 4.40 Å². The Labute approximate surface area is 174 Å². The molecule has 6 heteroatoms. The van der Waals surface area contributed by atoms with Crippen molar-refractivity contribution in [1.29, 1.82) is 0 Å². The van der Waals surface area contributed by atoms with E-state index in [2.05, 4.69) is 87.5 Å². The monoisotopic (exact) mass is 394 g/mol. The molecule has 0 aliphatic rings. The maximum absolute atomic E-state index is 4.76.